The third kappa shape index (κ3) is 3.11. The molecule has 19 heavy (non-hydrogen) atoms. The van der Waals surface area contributed by atoms with Crippen molar-refractivity contribution in [3.8, 4) is 0 Å². The lowest BCUT2D eigenvalue weighted by molar-refractivity contribution is 0.588. The molecule has 100 valence electrons. The summed E-state index contributed by atoms with van der Waals surface area (Å²) in [6.45, 7) is 1.84. The molecule has 2 aromatic carbocycles. The first kappa shape index (κ1) is 14.0. The van der Waals surface area contributed by atoms with Gasteiger partial charge in [0.25, 0.3) is 0 Å². The van der Waals surface area contributed by atoms with Gasteiger partial charge in [-0.1, -0.05) is 23.7 Å². The van der Waals surface area contributed by atoms with Crippen molar-refractivity contribution in [2.45, 2.75) is 19.4 Å². The van der Waals surface area contributed by atoms with Gasteiger partial charge in [0.05, 0.1) is 0 Å². The smallest absolute Gasteiger partial charge is 0.127 e. The first-order valence-corrected chi connectivity index (χ1v) is 6.31. The van der Waals surface area contributed by atoms with Gasteiger partial charge >= 0.3 is 0 Å². The second-order valence-corrected chi connectivity index (χ2v) is 4.92. The number of rotatable bonds is 3. The number of hydrogen-bond acceptors (Lipinski definition) is 1. The second-order valence-electron chi connectivity index (χ2n) is 4.51. The average Bonchev–Trinajstić information content (AvgIpc) is 2.37. The minimum atomic E-state index is -0.495. The Hall–Kier alpha value is -1.45. The van der Waals surface area contributed by atoms with Crippen molar-refractivity contribution in [2.75, 3.05) is 0 Å². The average molecular weight is 282 g/mol. The highest BCUT2D eigenvalue weighted by molar-refractivity contribution is 6.31. The maximum absolute atomic E-state index is 13.7. The van der Waals surface area contributed by atoms with E-state index in [9.17, 15) is 8.78 Å². The van der Waals surface area contributed by atoms with E-state index < -0.39 is 11.9 Å². The van der Waals surface area contributed by atoms with Crippen molar-refractivity contribution in [3.63, 3.8) is 0 Å². The Morgan fingerprint density at radius 2 is 1.95 bits per heavy atom. The predicted octanol–water partition coefficient (Wildman–Crippen LogP) is 4.17. The first-order chi connectivity index (χ1) is 8.99. The highest BCUT2D eigenvalue weighted by atomic mass is 35.5. The van der Waals surface area contributed by atoms with Crippen LogP contribution in [0.1, 0.15) is 22.7 Å². The fourth-order valence-electron chi connectivity index (χ4n) is 2.07. The summed E-state index contributed by atoms with van der Waals surface area (Å²) in [6, 6.07) is 8.42. The molecule has 0 bridgehead atoms. The maximum atomic E-state index is 13.7. The molecule has 4 heteroatoms. The van der Waals surface area contributed by atoms with Crippen LogP contribution in [0.15, 0.2) is 36.4 Å². The summed E-state index contributed by atoms with van der Waals surface area (Å²) in [7, 11) is 0. The van der Waals surface area contributed by atoms with E-state index >= 15 is 0 Å². The van der Waals surface area contributed by atoms with Gasteiger partial charge in [0, 0.05) is 16.6 Å². The van der Waals surface area contributed by atoms with Crippen LogP contribution < -0.4 is 5.73 Å². The van der Waals surface area contributed by atoms with Gasteiger partial charge in [-0.15, -0.1) is 0 Å². The lowest BCUT2D eigenvalue weighted by Gasteiger charge is -2.16. The van der Waals surface area contributed by atoms with Crippen LogP contribution >= 0.6 is 11.6 Å². The normalized spacial score (nSPS) is 12.5. The zero-order valence-electron chi connectivity index (χ0n) is 10.5. The van der Waals surface area contributed by atoms with Gasteiger partial charge in [-0.25, -0.2) is 8.78 Å². The Morgan fingerprint density at radius 3 is 2.63 bits per heavy atom. The van der Waals surface area contributed by atoms with E-state index in [1.165, 1.54) is 18.2 Å². The third-order valence-corrected chi connectivity index (χ3v) is 3.48. The number of nitrogens with two attached hydrogens (primary N) is 1. The molecular formula is C15H14ClF2N. The lowest BCUT2D eigenvalue weighted by atomic mass is 9.96. The van der Waals surface area contributed by atoms with Gasteiger partial charge in [-0.05, 0) is 48.7 Å². The SMILES string of the molecule is Cc1ccc(F)cc1C(N)Cc1c(F)cccc1Cl. The molecule has 0 fully saturated rings. The van der Waals surface area contributed by atoms with Crippen LogP contribution in [0.25, 0.3) is 0 Å². The Balaban J connectivity index is 2.31. The number of hydrogen-bond donors (Lipinski definition) is 1. The molecule has 0 aliphatic carbocycles. The molecule has 1 atom stereocenters. The fourth-order valence-corrected chi connectivity index (χ4v) is 2.31. The summed E-state index contributed by atoms with van der Waals surface area (Å²) in [4.78, 5) is 0. The van der Waals surface area contributed by atoms with Gasteiger partial charge in [0.2, 0.25) is 0 Å². The molecule has 0 heterocycles. The van der Waals surface area contributed by atoms with E-state index in [2.05, 4.69) is 0 Å². The molecular weight excluding hydrogens is 268 g/mol. The topological polar surface area (TPSA) is 26.0 Å². The van der Waals surface area contributed by atoms with Gasteiger partial charge in [0.1, 0.15) is 11.6 Å². The van der Waals surface area contributed by atoms with E-state index in [1.807, 2.05) is 6.92 Å². The minimum Gasteiger partial charge on any atom is -0.324 e. The molecule has 0 spiro atoms. The molecule has 0 saturated heterocycles. The van der Waals surface area contributed by atoms with E-state index in [4.69, 9.17) is 17.3 Å². The summed E-state index contributed by atoms with van der Waals surface area (Å²) in [5.41, 5.74) is 7.95. The zero-order valence-corrected chi connectivity index (χ0v) is 11.2. The molecule has 1 unspecified atom stereocenters. The van der Waals surface area contributed by atoms with Crippen LogP contribution in [0, 0.1) is 18.6 Å². The van der Waals surface area contributed by atoms with Gasteiger partial charge in [0.15, 0.2) is 0 Å². The zero-order chi connectivity index (χ0) is 14.0. The van der Waals surface area contributed by atoms with Gasteiger partial charge < -0.3 is 5.73 Å². The monoisotopic (exact) mass is 281 g/mol. The lowest BCUT2D eigenvalue weighted by Crippen LogP contribution is -2.16. The van der Waals surface area contributed by atoms with Crippen LogP contribution in [0.5, 0.6) is 0 Å². The summed E-state index contributed by atoms with van der Waals surface area (Å²) in [5.74, 6) is -0.743. The van der Waals surface area contributed by atoms with Crippen molar-refractivity contribution < 1.29 is 8.78 Å². The molecule has 0 aromatic heterocycles. The third-order valence-electron chi connectivity index (χ3n) is 3.13. The molecule has 1 nitrogen and oxygen atoms in total. The van der Waals surface area contributed by atoms with Crippen LogP contribution in [0.2, 0.25) is 5.02 Å². The van der Waals surface area contributed by atoms with Crippen molar-refractivity contribution in [3.05, 3.63) is 69.7 Å². The standard InChI is InChI=1S/C15H14ClF2N/c1-9-5-6-10(17)7-11(9)15(19)8-12-13(16)3-2-4-14(12)18/h2-7,15H,8,19H2,1H3. The van der Waals surface area contributed by atoms with E-state index in [1.54, 1.807) is 18.2 Å². The Morgan fingerprint density at radius 1 is 1.21 bits per heavy atom. The quantitative estimate of drug-likeness (QED) is 0.898. The van der Waals surface area contributed by atoms with E-state index in [-0.39, 0.29) is 12.2 Å². The molecule has 2 N–H and O–H groups in total. The summed E-state index contributed by atoms with van der Waals surface area (Å²) < 4.78 is 26.9. The number of benzene rings is 2. The highest BCUT2D eigenvalue weighted by Gasteiger charge is 2.15. The van der Waals surface area contributed by atoms with Gasteiger partial charge in [-0.3, -0.25) is 0 Å². The Bertz CT molecular complexity index is 578. The van der Waals surface area contributed by atoms with Crippen LogP contribution in [0.4, 0.5) is 8.78 Å². The molecule has 0 saturated carbocycles. The molecule has 0 aliphatic rings. The van der Waals surface area contributed by atoms with E-state index in [0.717, 1.165) is 5.56 Å². The predicted molar refractivity (Wildman–Crippen MR) is 73.2 cm³/mol. The second kappa shape index (κ2) is 5.68. The summed E-state index contributed by atoms with van der Waals surface area (Å²) >= 11 is 5.96. The maximum Gasteiger partial charge on any atom is 0.127 e. The van der Waals surface area contributed by atoms with Gasteiger partial charge in [-0.2, -0.15) is 0 Å². The molecule has 2 aromatic rings. The molecule has 2 rings (SSSR count). The molecule has 0 amide bonds. The number of halogens is 3. The van der Waals surface area contributed by atoms with Crippen molar-refractivity contribution >= 4 is 11.6 Å². The number of aryl methyl sites for hydroxylation is 1. The fraction of sp³-hybridized carbons (Fsp3) is 0.200. The van der Waals surface area contributed by atoms with Crippen molar-refractivity contribution in [1.29, 1.82) is 0 Å². The van der Waals surface area contributed by atoms with E-state index in [0.29, 0.717) is 16.1 Å². The largest absolute Gasteiger partial charge is 0.324 e. The van der Waals surface area contributed by atoms with Crippen LogP contribution in [-0.4, -0.2) is 0 Å². The molecule has 0 aliphatic heterocycles. The minimum absolute atomic E-state index is 0.232. The first-order valence-electron chi connectivity index (χ1n) is 5.93. The van der Waals surface area contributed by atoms with Crippen LogP contribution in [-0.2, 0) is 6.42 Å². The summed E-state index contributed by atoms with van der Waals surface area (Å²) in [6.07, 6.45) is 0.232. The van der Waals surface area contributed by atoms with Crippen LogP contribution in [0.3, 0.4) is 0 Å². The Kier molecular flexibility index (Phi) is 4.17. The molecule has 0 radical (unpaired) electrons. The van der Waals surface area contributed by atoms with Crippen molar-refractivity contribution in [2.24, 2.45) is 5.73 Å². The summed E-state index contributed by atoms with van der Waals surface area (Å²) in [5, 5.41) is 0.338. The Labute approximate surface area is 116 Å². The van der Waals surface area contributed by atoms with Crippen molar-refractivity contribution in [1.82, 2.24) is 0 Å². The highest BCUT2D eigenvalue weighted by Crippen LogP contribution is 2.26.